The van der Waals surface area contributed by atoms with E-state index in [4.69, 9.17) is 5.11 Å². The van der Waals surface area contributed by atoms with Gasteiger partial charge in [-0.05, 0) is 35.0 Å². The van der Waals surface area contributed by atoms with Gasteiger partial charge < -0.3 is 10.0 Å². The van der Waals surface area contributed by atoms with E-state index in [0.717, 1.165) is 4.90 Å². The van der Waals surface area contributed by atoms with Crippen molar-refractivity contribution in [3.8, 4) is 5.69 Å². The fourth-order valence-electron chi connectivity index (χ4n) is 1.69. The fraction of sp³-hybridized carbons (Fsp3) is 0.250. The first-order valence-electron chi connectivity index (χ1n) is 5.71. The van der Waals surface area contributed by atoms with Gasteiger partial charge in [-0.3, -0.25) is 0 Å². The average molecular weight is 343 g/mol. The fourth-order valence-corrected chi connectivity index (χ4v) is 2.05. The average Bonchev–Trinajstić information content (AvgIpc) is 2.73. The maximum absolute atomic E-state index is 14.1. The Hall–Kier alpha value is -1.96. The topological polar surface area (TPSA) is 71.2 Å². The number of benzene rings is 1. The zero-order chi connectivity index (χ0) is 14.9. The Morgan fingerprint density at radius 1 is 1.55 bits per heavy atom. The minimum Gasteiger partial charge on any atom is -0.465 e. The van der Waals surface area contributed by atoms with Crippen molar-refractivity contribution in [3.63, 3.8) is 0 Å². The molecule has 1 heterocycles. The predicted octanol–water partition coefficient (Wildman–Crippen LogP) is 2.59. The van der Waals surface area contributed by atoms with Gasteiger partial charge in [0.15, 0.2) is 11.6 Å². The second-order valence-electron chi connectivity index (χ2n) is 4.20. The minimum absolute atomic E-state index is 0.0160. The molecule has 0 aliphatic heterocycles. The van der Waals surface area contributed by atoms with Crippen LogP contribution >= 0.6 is 15.9 Å². The SMILES string of the molecule is Cc1nc(CN(C)C(=O)O)n(-c2cccc(Br)c2F)n1. The zero-order valence-electron chi connectivity index (χ0n) is 10.8. The number of hydrogen-bond acceptors (Lipinski definition) is 3. The molecule has 1 amide bonds. The first-order chi connectivity index (χ1) is 9.40. The lowest BCUT2D eigenvalue weighted by Gasteiger charge is -2.13. The summed E-state index contributed by atoms with van der Waals surface area (Å²) < 4.78 is 15.7. The standard InChI is InChI=1S/C12H12BrFN4O2/c1-7-15-10(6-17(2)12(19)20)18(16-7)9-5-3-4-8(13)11(9)14/h3-5H,6H2,1-2H3,(H,19,20). The second-order valence-corrected chi connectivity index (χ2v) is 5.05. The quantitative estimate of drug-likeness (QED) is 0.930. The largest absolute Gasteiger partial charge is 0.465 e. The number of nitrogens with zero attached hydrogens (tertiary/aromatic N) is 4. The van der Waals surface area contributed by atoms with Crippen LogP contribution in [0.5, 0.6) is 0 Å². The van der Waals surface area contributed by atoms with Crippen LogP contribution in [0.1, 0.15) is 11.6 Å². The van der Waals surface area contributed by atoms with E-state index in [0.29, 0.717) is 16.1 Å². The van der Waals surface area contributed by atoms with Gasteiger partial charge in [0.05, 0.1) is 11.0 Å². The van der Waals surface area contributed by atoms with Gasteiger partial charge in [0.1, 0.15) is 11.5 Å². The van der Waals surface area contributed by atoms with Crippen LogP contribution in [0.15, 0.2) is 22.7 Å². The molecule has 106 valence electrons. The summed E-state index contributed by atoms with van der Waals surface area (Å²) in [5.74, 6) is 0.319. The third kappa shape index (κ3) is 2.79. The molecule has 2 aromatic rings. The molecule has 0 atom stereocenters. The van der Waals surface area contributed by atoms with E-state index in [2.05, 4.69) is 26.0 Å². The van der Waals surface area contributed by atoms with Crippen LogP contribution < -0.4 is 0 Å². The first kappa shape index (κ1) is 14.4. The van der Waals surface area contributed by atoms with Gasteiger partial charge in [-0.2, -0.15) is 5.10 Å². The van der Waals surface area contributed by atoms with Crippen molar-refractivity contribution in [2.24, 2.45) is 0 Å². The number of rotatable bonds is 3. The van der Waals surface area contributed by atoms with Gasteiger partial charge in [0.2, 0.25) is 0 Å². The molecule has 1 N–H and O–H groups in total. The van der Waals surface area contributed by atoms with E-state index in [1.165, 1.54) is 11.7 Å². The summed E-state index contributed by atoms with van der Waals surface area (Å²) in [6.45, 7) is 1.68. The maximum atomic E-state index is 14.1. The van der Waals surface area contributed by atoms with E-state index in [9.17, 15) is 9.18 Å². The van der Waals surface area contributed by atoms with Gasteiger partial charge in [-0.1, -0.05) is 6.07 Å². The predicted molar refractivity (Wildman–Crippen MR) is 73.2 cm³/mol. The molecule has 20 heavy (non-hydrogen) atoms. The van der Waals surface area contributed by atoms with Gasteiger partial charge in [0, 0.05) is 7.05 Å². The Labute approximate surface area is 123 Å². The molecular weight excluding hydrogens is 331 g/mol. The van der Waals surface area contributed by atoms with Crippen LogP contribution in [0.4, 0.5) is 9.18 Å². The van der Waals surface area contributed by atoms with Gasteiger partial charge in [-0.15, -0.1) is 0 Å². The van der Waals surface area contributed by atoms with E-state index < -0.39 is 11.9 Å². The highest BCUT2D eigenvalue weighted by atomic mass is 79.9. The Morgan fingerprint density at radius 3 is 2.90 bits per heavy atom. The molecule has 1 aromatic carbocycles. The van der Waals surface area contributed by atoms with Crippen LogP contribution in [-0.2, 0) is 6.54 Å². The number of aromatic nitrogens is 3. The van der Waals surface area contributed by atoms with E-state index in [1.807, 2.05) is 0 Å². The van der Waals surface area contributed by atoms with E-state index >= 15 is 0 Å². The number of halogens is 2. The molecule has 0 aliphatic rings. The van der Waals surface area contributed by atoms with Gasteiger partial charge in [0.25, 0.3) is 0 Å². The lowest BCUT2D eigenvalue weighted by atomic mass is 10.3. The summed E-state index contributed by atoms with van der Waals surface area (Å²) >= 11 is 3.11. The first-order valence-corrected chi connectivity index (χ1v) is 6.50. The lowest BCUT2D eigenvalue weighted by Crippen LogP contribution is -2.26. The summed E-state index contributed by atoms with van der Waals surface area (Å²) in [4.78, 5) is 16.1. The van der Waals surface area contributed by atoms with Crippen molar-refractivity contribution in [1.29, 1.82) is 0 Å². The van der Waals surface area contributed by atoms with Crippen molar-refractivity contribution in [2.75, 3.05) is 7.05 Å². The lowest BCUT2D eigenvalue weighted by molar-refractivity contribution is 0.152. The molecule has 0 unspecified atom stereocenters. The Kier molecular flexibility index (Phi) is 4.03. The number of amides is 1. The smallest absolute Gasteiger partial charge is 0.407 e. The Bertz CT molecular complexity index is 659. The van der Waals surface area contributed by atoms with E-state index in [1.54, 1.807) is 25.1 Å². The van der Waals surface area contributed by atoms with Crippen molar-refractivity contribution in [2.45, 2.75) is 13.5 Å². The van der Waals surface area contributed by atoms with Crippen LogP contribution in [0.3, 0.4) is 0 Å². The summed E-state index contributed by atoms with van der Waals surface area (Å²) in [7, 11) is 1.41. The second kappa shape index (κ2) is 5.58. The molecule has 2 rings (SSSR count). The molecule has 0 radical (unpaired) electrons. The van der Waals surface area contributed by atoms with Crippen molar-refractivity contribution >= 4 is 22.0 Å². The summed E-state index contributed by atoms with van der Waals surface area (Å²) in [6, 6.07) is 4.80. The number of aryl methyl sites for hydroxylation is 1. The summed E-state index contributed by atoms with van der Waals surface area (Å²) in [6.07, 6.45) is -1.09. The zero-order valence-corrected chi connectivity index (χ0v) is 12.4. The molecule has 0 fully saturated rings. The number of carbonyl (C=O) groups is 1. The van der Waals surface area contributed by atoms with Crippen molar-refractivity contribution in [3.05, 3.63) is 40.1 Å². The Balaban J connectivity index is 2.47. The summed E-state index contributed by atoms with van der Waals surface area (Å²) in [5.41, 5.74) is 0.216. The number of carboxylic acid groups (broad SMARTS) is 1. The van der Waals surface area contributed by atoms with Crippen molar-refractivity contribution < 1.29 is 14.3 Å². The normalized spacial score (nSPS) is 10.6. The molecule has 1 aromatic heterocycles. The molecule has 6 nitrogen and oxygen atoms in total. The highest BCUT2D eigenvalue weighted by molar-refractivity contribution is 9.10. The molecule has 0 aliphatic carbocycles. The number of hydrogen-bond donors (Lipinski definition) is 1. The molecular formula is C12H12BrFN4O2. The Morgan fingerprint density at radius 2 is 2.25 bits per heavy atom. The summed E-state index contributed by atoms with van der Waals surface area (Å²) in [5, 5.41) is 13.0. The van der Waals surface area contributed by atoms with Crippen LogP contribution in [0, 0.1) is 12.7 Å². The molecule has 8 heteroatoms. The van der Waals surface area contributed by atoms with Crippen LogP contribution in [0.25, 0.3) is 5.69 Å². The van der Waals surface area contributed by atoms with Gasteiger partial charge >= 0.3 is 6.09 Å². The minimum atomic E-state index is -1.09. The third-order valence-electron chi connectivity index (χ3n) is 2.64. The highest BCUT2D eigenvalue weighted by Crippen LogP contribution is 2.22. The van der Waals surface area contributed by atoms with Crippen LogP contribution in [0.2, 0.25) is 0 Å². The molecule has 0 saturated carbocycles. The third-order valence-corrected chi connectivity index (χ3v) is 3.26. The monoisotopic (exact) mass is 342 g/mol. The molecule has 0 bridgehead atoms. The molecule has 0 spiro atoms. The highest BCUT2D eigenvalue weighted by Gasteiger charge is 2.17. The van der Waals surface area contributed by atoms with E-state index in [-0.39, 0.29) is 12.2 Å². The van der Waals surface area contributed by atoms with Gasteiger partial charge in [-0.25, -0.2) is 18.9 Å². The van der Waals surface area contributed by atoms with Crippen molar-refractivity contribution in [1.82, 2.24) is 19.7 Å². The molecule has 0 saturated heterocycles. The van der Waals surface area contributed by atoms with Crippen LogP contribution in [-0.4, -0.2) is 37.9 Å². The maximum Gasteiger partial charge on any atom is 0.407 e.